The van der Waals surface area contributed by atoms with Crippen LogP contribution in [0.3, 0.4) is 0 Å². The van der Waals surface area contributed by atoms with E-state index in [0.29, 0.717) is 24.9 Å². The third-order valence-corrected chi connectivity index (χ3v) is 1.81. The molecule has 1 aromatic rings. The molecule has 74 valence electrons. The van der Waals surface area contributed by atoms with Crippen LogP contribution < -0.4 is 9.39 Å². The van der Waals surface area contributed by atoms with Crippen molar-refractivity contribution >= 4 is 7.35 Å². The molecule has 0 atom stereocenters. The van der Waals surface area contributed by atoms with Gasteiger partial charge in [0.25, 0.3) is 0 Å². The van der Waals surface area contributed by atoms with Crippen LogP contribution in [-0.4, -0.2) is 19.4 Å². The molecule has 0 aliphatic heterocycles. The molecule has 0 amide bonds. The topological polar surface area (TPSA) is 48.4 Å². The third-order valence-electron chi connectivity index (χ3n) is 1.81. The van der Waals surface area contributed by atoms with Crippen molar-refractivity contribution in [2.24, 2.45) is 0 Å². The Morgan fingerprint density at radius 2 is 2.14 bits per heavy atom. The standard InChI is InChI=1S/C9H12BNO3/c1-6(2)7-4-5-8(14-10-12)9(11-7)13-3/h4-6H,1-3H3. The SMILES string of the molecule is COc1nc(C(C)C)ccc1OB=O. The summed E-state index contributed by atoms with van der Waals surface area (Å²) in [5.41, 5.74) is 0.903. The first-order chi connectivity index (χ1) is 6.69. The molecule has 0 radical (unpaired) electrons. The summed E-state index contributed by atoms with van der Waals surface area (Å²) in [4.78, 5) is 4.20. The zero-order valence-corrected chi connectivity index (χ0v) is 8.48. The maximum atomic E-state index is 10.2. The second kappa shape index (κ2) is 4.74. The van der Waals surface area contributed by atoms with E-state index in [1.165, 1.54) is 7.11 Å². The van der Waals surface area contributed by atoms with E-state index in [2.05, 4.69) is 4.98 Å². The summed E-state index contributed by atoms with van der Waals surface area (Å²) in [6.45, 7) is 4.06. The summed E-state index contributed by atoms with van der Waals surface area (Å²) in [7, 11) is 1.85. The van der Waals surface area contributed by atoms with E-state index in [-0.39, 0.29) is 0 Å². The van der Waals surface area contributed by atoms with Crippen LogP contribution in [0.5, 0.6) is 11.6 Å². The molecule has 1 rings (SSSR count). The summed E-state index contributed by atoms with van der Waals surface area (Å²) < 4.78 is 19.8. The molecule has 5 heteroatoms. The first kappa shape index (κ1) is 10.7. The molecular weight excluding hydrogens is 181 g/mol. The van der Waals surface area contributed by atoms with Gasteiger partial charge in [-0.05, 0) is 0 Å². The van der Waals surface area contributed by atoms with Crippen LogP contribution in [0.1, 0.15) is 25.5 Å². The van der Waals surface area contributed by atoms with Gasteiger partial charge in [-0.15, -0.1) is 0 Å². The van der Waals surface area contributed by atoms with E-state index in [4.69, 9.17) is 9.39 Å². The van der Waals surface area contributed by atoms with Gasteiger partial charge >= 0.3 is 82.8 Å². The van der Waals surface area contributed by atoms with Crippen LogP contribution in [-0.2, 0) is 4.70 Å². The van der Waals surface area contributed by atoms with Crippen molar-refractivity contribution in [3.05, 3.63) is 17.8 Å². The average molecular weight is 193 g/mol. The summed E-state index contributed by atoms with van der Waals surface area (Å²) in [6.07, 6.45) is 0. The van der Waals surface area contributed by atoms with E-state index in [1.54, 1.807) is 6.07 Å². The average Bonchev–Trinajstić information content (AvgIpc) is 2.18. The Hall–Kier alpha value is -1.39. The van der Waals surface area contributed by atoms with Gasteiger partial charge < -0.3 is 0 Å². The zero-order chi connectivity index (χ0) is 10.6. The molecule has 0 unspecified atom stereocenters. The monoisotopic (exact) mass is 193 g/mol. The van der Waals surface area contributed by atoms with Gasteiger partial charge in [-0.25, -0.2) is 0 Å². The minimum atomic E-state index is 0.314. The van der Waals surface area contributed by atoms with Gasteiger partial charge in [0.2, 0.25) is 0 Å². The van der Waals surface area contributed by atoms with Gasteiger partial charge in [0.15, 0.2) is 0 Å². The van der Waals surface area contributed by atoms with Gasteiger partial charge in [-0.1, -0.05) is 0 Å². The van der Waals surface area contributed by atoms with Crippen molar-refractivity contribution in [1.29, 1.82) is 0 Å². The Kier molecular flexibility index (Phi) is 3.62. The van der Waals surface area contributed by atoms with Crippen molar-refractivity contribution in [1.82, 2.24) is 4.98 Å². The number of hydrogen-bond donors (Lipinski definition) is 0. The van der Waals surface area contributed by atoms with E-state index >= 15 is 0 Å². The predicted octanol–water partition coefficient (Wildman–Crippen LogP) is 1.56. The molecule has 0 aliphatic rings. The number of rotatable bonds is 4. The van der Waals surface area contributed by atoms with Crippen LogP contribution >= 0.6 is 0 Å². The summed E-state index contributed by atoms with van der Waals surface area (Å²) in [5.74, 6) is 0.990. The van der Waals surface area contributed by atoms with E-state index in [9.17, 15) is 4.70 Å². The minimum absolute atomic E-state index is 0.314. The molecule has 14 heavy (non-hydrogen) atoms. The number of methoxy groups -OCH3 is 1. The molecular formula is C9H12BNO3. The van der Waals surface area contributed by atoms with Crippen molar-refractivity contribution in [3.8, 4) is 11.6 Å². The molecule has 1 aromatic heterocycles. The normalized spacial score (nSPS) is 9.71. The first-order valence-corrected chi connectivity index (χ1v) is 4.34. The summed E-state index contributed by atoms with van der Waals surface area (Å²) in [6, 6.07) is 3.49. The van der Waals surface area contributed by atoms with Gasteiger partial charge in [0, 0.05) is 0 Å². The third kappa shape index (κ3) is 2.31. The zero-order valence-electron chi connectivity index (χ0n) is 8.48. The Balaban J connectivity index is 3.04. The van der Waals surface area contributed by atoms with E-state index < -0.39 is 0 Å². The van der Waals surface area contributed by atoms with Crippen LogP contribution in [0, 0.1) is 0 Å². The van der Waals surface area contributed by atoms with Crippen molar-refractivity contribution in [3.63, 3.8) is 0 Å². The van der Waals surface area contributed by atoms with Crippen molar-refractivity contribution in [2.45, 2.75) is 19.8 Å². The fourth-order valence-corrected chi connectivity index (χ4v) is 1.05. The van der Waals surface area contributed by atoms with Gasteiger partial charge in [0.1, 0.15) is 0 Å². The van der Waals surface area contributed by atoms with Crippen LogP contribution in [0.25, 0.3) is 0 Å². The molecule has 1 heterocycles. The second-order valence-corrected chi connectivity index (χ2v) is 3.11. The summed E-state index contributed by atoms with van der Waals surface area (Å²) in [5, 5.41) is 0. The van der Waals surface area contributed by atoms with Crippen LogP contribution in [0.15, 0.2) is 12.1 Å². The van der Waals surface area contributed by atoms with Crippen molar-refractivity contribution in [2.75, 3.05) is 7.11 Å². The van der Waals surface area contributed by atoms with E-state index in [0.717, 1.165) is 5.69 Å². The van der Waals surface area contributed by atoms with Crippen LogP contribution in [0.4, 0.5) is 0 Å². The fourth-order valence-electron chi connectivity index (χ4n) is 1.05. The molecule has 0 aromatic carbocycles. The molecule has 0 bridgehead atoms. The first-order valence-electron chi connectivity index (χ1n) is 4.34. The van der Waals surface area contributed by atoms with E-state index in [1.807, 2.05) is 19.9 Å². The summed E-state index contributed by atoms with van der Waals surface area (Å²) >= 11 is 0. The Bertz CT molecular complexity index is 328. The maximum absolute atomic E-state index is 10.2. The Labute approximate surface area is 83.5 Å². The molecule has 4 nitrogen and oxygen atoms in total. The molecule has 0 N–H and O–H groups in total. The Morgan fingerprint density at radius 3 is 2.64 bits per heavy atom. The van der Waals surface area contributed by atoms with Gasteiger partial charge in [-0.2, -0.15) is 0 Å². The number of hydrogen-bond acceptors (Lipinski definition) is 4. The number of aromatic nitrogens is 1. The number of ether oxygens (including phenoxy) is 1. The molecule has 0 fully saturated rings. The predicted molar refractivity (Wildman–Crippen MR) is 51.9 cm³/mol. The molecule has 0 saturated heterocycles. The van der Waals surface area contributed by atoms with Gasteiger partial charge in [0.05, 0.1) is 0 Å². The number of pyridine rings is 1. The quantitative estimate of drug-likeness (QED) is 0.680. The fraction of sp³-hybridized carbons (Fsp3) is 0.444. The molecule has 0 aliphatic carbocycles. The van der Waals surface area contributed by atoms with Gasteiger partial charge in [-0.3, -0.25) is 0 Å². The second-order valence-electron chi connectivity index (χ2n) is 3.11. The Morgan fingerprint density at radius 1 is 1.43 bits per heavy atom. The van der Waals surface area contributed by atoms with Crippen LogP contribution in [0.2, 0.25) is 0 Å². The molecule has 0 saturated carbocycles. The number of nitrogens with zero attached hydrogens (tertiary/aromatic N) is 1. The van der Waals surface area contributed by atoms with Crippen molar-refractivity contribution < 1.29 is 14.1 Å². The molecule has 0 spiro atoms.